The second-order valence-corrected chi connectivity index (χ2v) is 7.02. The highest BCUT2D eigenvalue weighted by Gasteiger charge is 2.30. The van der Waals surface area contributed by atoms with E-state index in [1.165, 1.54) is 49.0 Å². The van der Waals surface area contributed by atoms with Gasteiger partial charge in [0, 0.05) is 18.7 Å². The minimum Gasteiger partial charge on any atom is -0.496 e. The standard InChI is InChI=1S/C20H30N2O3/c1-4-25-20(23)22-11-8-16-12-17(14-21-9-6-5-7-10-21)19(24-3)13-18(16)15(22)2/h12-13,15H,4-11,14H2,1-3H3. The van der Waals surface area contributed by atoms with Gasteiger partial charge in [-0.1, -0.05) is 12.5 Å². The molecule has 0 N–H and O–H groups in total. The lowest BCUT2D eigenvalue weighted by Gasteiger charge is -2.35. The normalized spacial score (nSPS) is 20.9. The number of rotatable bonds is 4. The number of hydrogen-bond acceptors (Lipinski definition) is 4. The van der Waals surface area contributed by atoms with Gasteiger partial charge in [0.05, 0.1) is 19.8 Å². The Hall–Kier alpha value is -1.75. The van der Waals surface area contributed by atoms with Crippen LogP contribution in [0.1, 0.15) is 55.8 Å². The fraction of sp³-hybridized carbons (Fsp3) is 0.650. The van der Waals surface area contributed by atoms with Crippen molar-refractivity contribution >= 4 is 6.09 Å². The molecule has 1 saturated heterocycles. The average Bonchev–Trinajstić information content (AvgIpc) is 2.62. The van der Waals surface area contributed by atoms with E-state index in [0.717, 1.165) is 18.7 Å². The van der Waals surface area contributed by atoms with Gasteiger partial charge in [-0.15, -0.1) is 0 Å². The molecule has 2 heterocycles. The molecule has 1 unspecified atom stereocenters. The number of carbonyl (C=O) groups is 1. The highest BCUT2D eigenvalue weighted by atomic mass is 16.6. The Balaban J connectivity index is 1.82. The first-order chi connectivity index (χ1) is 12.1. The van der Waals surface area contributed by atoms with E-state index in [0.29, 0.717) is 13.2 Å². The van der Waals surface area contributed by atoms with E-state index in [-0.39, 0.29) is 12.1 Å². The molecule has 1 atom stereocenters. The third-order valence-corrected chi connectivity index (χ3v) is 5.43. The fourth-order valence-corrected chi connectivity index (χ4v) is 4.03. The third kappa shape index (κ3) is 3.92. The maximum absolute atomic E-state index is 12.2. The Kier molecular flexibility index (Phi) is 5.84. The summed E-state index contributed by atoms with van der Waals surface area (Å²) in [5.74, 6) is 0.932. The molecule has 138 valence electrons. The predicted molar refractivity (Wildman–Crippen MR) is 98.0 cm³/mol. The monoisotopic (exact) mass is 346 g/mol. The summed E-state index contributed by atoms with van der Waals surface area (Å²) in [6.45, 7) is 8.33. The number of piperidine rings is 1. The lowest BCUT2D eigenvalue weighted by molar-refractivity contribution is 0.0900. The number of likely N-dealkylation sites (tertiary alicyclic amines) is 1. The van der Waals surface area contributed by atoms with Crippen molar-refractivity contribution in [1.82, 2.24) is 9.80 Å². The number of methoxy groups -OCH3 is 1. The van der Waals surface area contributed by atoms with Crippen LogP contribution in [0.15, 0.2) is 12.1 Å². The average molecular weight is 346 g/mol. The summed E-state index contributed by atoms with van der Waals surface area (Å²) < 4.78 is 10.9. The molecule has 0 aromatic heterocycles. The Labute approximate surface area is 150 Å². The van der Waals surface area contributed by atoms with Crippen LogP contribution in [0.2, 0.25) is 0 Å². The van der Waals surface area contributed by atoms with Gasteiger partial charge >= 0.3 is 6.09 Å². The zero-order valence-electron chi connectivity index (χ0n) is 15.7. The van der Waals surface area contributed by atoms with E-state index in [1.54, 1.807) is 7.11 Å². The van der Waals surface area contributed by atoms with Crippen LogP contribution in [0.5, 0.6) is 5.75 Å². The van der Waals surface area contributed by atoms with Crippen LogP contribution in [-0.2, 0) is 17.7 Å². The summed E-state index contributed by atoms with van der Waals surface area (Å²) >= 11 is 0. The number of benzene rings is 1. The zero-order chi connectivity index (χ0) is 17.8. The van der Waals surface area contributed by atoms with Crippen molar-refractivity contribution in [2.24, 2.45) is 0 Å². The van der Waals surface area contributed by atoms with Crippen LogP contribution in [0, 0.1) is 0 Å². The molecule has 1 aromatic rings. The number of amides is 1. The third-order valence-electron chi connectivity index (χ3n) is 5.43. The Bertz CT molecular complexity index is 611. The van der Waals surface area contributed by atoms with Crippen LogP contribution in [-0.4, -0.2) is 49.2 Å². The first kappa shape index (κ1) is 18.1. The SMILES string of the molecule is CCOC(=O)N1CCc2cc(CN3CCCCC3)c(OC)cc2C1C. The second-order valence-electron chi connectivity index (χ2n) is 7.02. The molecule has 5 nitrogen and oxygen atoms in total. The molecule has 2 aliphatic heterocycles. The molecule has 25 heavy (non-hydrogen) atoms. The predicted octanol–water partition coefficient (Wildman–Crippen LogP) is 3.76. The van der Waals surface area contributed by atoms with E-state index >= 15 is 0 Å². The fourth-order valence-electron chi connectivity index (χ4n) is 4.03. The van der Waals surface area contributed by atoms with Crippen LogP contribution < -0.4 is 4.74 Å². The van der Waals surface area contributed by atoms with Crippen LogP contribution in [0.4, 0.5) is 4.79 Å². The summed E-state index contributed by atoms with van der Waals surface area (Å²) in [5.41, 5.74) is 3.78. The lowest BCUT2D eigenvalue weighted by Crippen LogP contribution is -2.39. The summed E-state index contributed by atoms with van der Waals surface area (Å²) in [7, 11) is 1.73. The van der Waals surface area contributed by atoms with Crippen molar-refractivity contribution in [3.8, 4) is 5.75 Å². The minimum absolute atomic E-state index is 0.0146. The molecule has 0 bridgehead atoms. The van der Waals surface area contributed by atoms with E-state index in [9.17, 15) is 4.79 Å². The second kappa shape index (κ2) is 8.09. The molecule has 1 fully saturated rings. The van der Waals surface area contributed by atoms with Gasteiger partial charge < -0.3 is 14.4 Å². The first-order valence-corrected chi connectivity index (χ1v) is 9.49. The van der Waals surface area contributed by atoms with Crippen molar-refractivity contribution in [2.75, 3.05) is 33.4 Å². The molecular weight excluding hydrogens is 316 g/mol. The van der Waals surface area contributed by atoms with Crippen LogP contribution >= 0.6 is 0 Å². The highest BCUT2D eigenvalue weighted by Crippen LogP contribution is 2.35. The largest absolute Gasteiger partial charge is 0.496 e. The number of ether oxygens (including phenoxy) is 2. The van der Waals surface area contributed by atoms with Crippen molar-refractivity contribution in [3.63, 3.8) is 0 Å². The molecular formula is C20H30N2O3. The molecule has 0 radical (unpaired) electrons. The Morgan fingerprint density at radius 2 is 1.96 bits per heavy atom. The quantitative estimate of drug-likeness (QED) is 0.832. The molecule has 5 heteroatoms. The van der Waals surface area contributed by atoms with E-state index in [2.05, 4.69) is 24.0 Å². The molecule has 1 aromatic carbocycles. The maximum atomic E-state index is 12.2. The molecule has 0 saturated carbocycles. The van der Waals surface area contributed by atoms with Crippen molar-refractivity contribution in [3.05, 3.63) is 28.8 Å². The number of fused-ring (bicyclic) bond motifs is 1. The highest BCUT2D eigenvalue weighted by molar-refractivity contribution is 5.69. The molecule has 1 amide bonds. The topological polar surface area (TPSA) is 42.0 Å². The van der Waals surface area contributed by atoms with E-state index in [1.807, 2.05) is 11.8 Å². The van der Waals surface area contributed by atoms with E-state index < -0.39 is 0 Å². The zero-order valence-corrected chi connectivity index (χ0v) is 15.7. The maximum Gasteiger partial charge on any atom is 0.410 e. The van der Waals surface area contributed by atoms with Gasteiger partial charge in [-0.2, -0.15) is 0 Å². The molecule has 0 spiro atoms. The van der Waals surface area contributed by atoms with Crippen LogP contribution in [0.3, 0.4) is 0 Å². The van der Waals surface area contributed by atoms with Gasteiger partial charge in [-0.05, 0) is 63.4 Å². The Morgan fingerprint density at radius 1 is 1.20 bits per heavy atom. The molecule has 0 aliphatic carbocycles. The van der Waals surface area contributed by atoms with Gasteiger partial charge in [-0.3, -0.25) is 4.90 Å². The number of hydrogen-bond donors (Lipinski definition) is 0. The smallest absolute Gasteiger partial charge is 0.410 e. The van der Waals surface area contributed by atoms with Gasteiger partial charge in [0.2, 0.25) is 0 Å². The summed E-state index contributed by atoms with van der Waals surface area (Å²) in [6, 6.07) is 4.44. The van der Waals surface area contributed by atoms with Crippen molar-refractivity contribution in [1.29, 1.82) is 0 Å². The van der Waals surface area contributed by atoms with Crippen molar-refractivity contribution in [2.45, 2.75) is 52.1 Å². The van der Waals surface area contributed by atoms with E-state index in [4.69, 9.17) is 9.47 Å². The van der Waals surface area contributed by atoms with Gasteiger partial charge in [-0.25, -0.2) is 4.79 Å². The van der Waals surface area contributed by atoms with Gasteiger partial charge in [0.1, 0.15) is 5.75 Å². The summed E-state index contributed by atoms with van der Waals surface area (Å²) in [5, 5.41) is 0. The molecule has 3 rings (SSSR count). The first-order valence-electron chi connectivity index (χ1n) is 9.49. The van der Waals surface area contributed by atoms with Gasteiger partial charge in [0.25, 0.3) is 0 Å². The van der Waals surface area contributed by atoms with Crippen LogP contribution in [0.25, 0.3) is 0 Å². The summed E-state index contributed by atoms with van der Waals surface area (Å²) in [6.07, 6.45) is 4.57. The Morgan fingerprint density at radius 3 is 2.64 bits per heavy atom. The number of carbonyl (C=O) groups excluding carboxylic acids is 1. The lowest BCUT2D eigenvalue weighted by atomic mass is 9.91. The molecule has 2 aliphatic rings. The minimum atomic E-state index is -0.225. The summed E-state index contributed by atoms with van der Waals surface area (Å²) in [4.78, 5) is 16.5. The number of nitrogens with zero attached hydrogens (tertiary/aromatic N) is 2. The van der Waals surface area contributed by atoms with Gasteiger partial charge in [0.15, 0.2) is 0 Å². The van der Waals surface area contributed by atoms with Crippen molar-refractivity contribution < 1.29 is 14.3 Å².